The Morgan fingerprint density at radius 1 is 1.44 bits per heavy atom. The molecule has 1 fully saturated rings. The van der Waals surface area contributed by atoms with Gasteiger partial charge in [0.2, 0.25) is 10.0 Å². The molecule has 1 atom stereocenters. The molecule has 1 aliphatic rings. The van der Waals surface area contributed by atoms with Crippen LogP contribution in [0.15, 0.2) is 23.1 Å². The zero-order valence-corrected chi connectivity index (χ0v) is 14.3. The Morgan fingerprint density at radius 3 is 2.68 bits per heavy atom. The molecule has 1 heterocycles. The van der Waals surface area contributed by atoms with Gasteiger partial charge in [-0.15, -0.1) is 0 Å². The molecule has 1 aromatic rings. The van der Waals surface area contributed by atoms with E-state index in [1.165, 1.54) is 13.2 Å². The van der Waals surface area contributed by atoms with E-state index >= 15 is 0 Å². The van der Waals surface area contributed by atoms with Gasteiger partial charge in [0.25, 0.3) is 0 Å². The number of methoxy groups -OCH3 is 1. The van der Waals surface area contributed by atoms with Gasteiger partial charge in [0.1, 0.15) is 0 Å². The topological polar surface area (TPSA) is 91.2 Å². The Balaban J connectivity index is 2.26. The molecule has 1 aromatic carbocycles. The number of sulfonamides is 1. The minimum absolute atomic E-state index is 0.00940. The van der Waals surface area contributed by atoms with Crippen LogP contribution in [0.3, 0.4) is 0 Å². The number of nitrogens with one attached hydrogen (secondary N) is 2. The summed E-state index contributed by atoms with van der Waals surface area (Å²) >= 11 is 0. The zero-order chi connectivity index (χ0) is 18.7. The van der Waals surface area contributed by atoms with Gasteiger partial charge < -0.3 is 10.1 Å². The van der Waals surface area contributed by atoms with E-state index in [1.54, 1.807) is 0 Å². The molecule has 10 heteroatoms. The summed E-state index contributed by atoms with van der Waals surface area (Å²) in [5.74, 6) is 0. The Bertz CT molecular complexity index is 766. The molecule has 6 nitrogen and oxygen atoms in total. The van der Waals surface area contributed by atoms with Crippen LogP contribution in [0.25, 0.3) is 0 Å². The quantitative estimate of drug-likeness (QED) is 0.786. The molecule has 0 amide bonds. The van der Waals surface area contributed by atoms with Crippen molar-refractivity contribution in [2.75, 3.05) is 26.8 Å². The van der Waals surface area contributed by atoms with Crippen molar-refractivity contribution in [3.8, 4) is 6.07 Å². The van der Waals surface area contributed by atoms with Crippen molar-refractivity contribution in [2.24, 2.45) is 0 Å². The molecule has 2 rings (SSSR count). The van der Waals surface area contributed by atoms with Crippen molar-refractivity contribution in [1.82, 2.24) is 10.0 Å². The van der Waals surface area contributed by atoms with Gasteiger partial charge >= 0.3 is 6.18 Å². The molecule has 0 saturated carbocycles. The summed E-state index contributed by atoms with van der Waals surface area (Å²) in [7, 11) is -2.67. The lowest BCUT2D eigenvalue weighted by Gasteiger charge is -2.28. The first-order valence-electron chi connectivity index (χ1n) is 7.48. The highest BCUT2D eigenvalue weighted by molar-refractivity contribution is 7.89. The lowest BCUT2D eigenvalue weighted by atomic mass is 9.99. The summed E-state index contributed by atoms with van der Waals surface area (Å²) in [5.41, 5.74) is -2.48. The lowest BCUT2D eigenvalue weighted by molar-refractivity contribution is -0.137. The van der Waals surface area contributed by atoms with Crippen molar-refractivity contribution in [3.05, 3.63) is 29.3 Å². The van der Waals surface area contributed by atoms with E-state index < -0.39 is 37.8 Å². The smallest absolute Gasteiger partial charge is 0.383 e. The zero-order valence-electron chi connectivity index (χ0n) is 13.5. The largest absolute Gasteiger partial charge is 0.417 e. The standard InChI is InChI=1S/C15H18F3N3O3S/c1-24-10-14(5-2-6-20-14)9-21-25(22,23)12-4-3-11(8-19)13(7-12)15(16,17)18/h3-4,7,20-21H,2,5-6,9-10H2,1H3. The van der Waals surface area contributed by atoms with Gasteiger partial charge in [-0.05, 0) is 37.6 Å². The summed E-state index contributed by atoms with van der Waals surface area (Å²) in [5, 5.41) is 12.0. The molecule has 1 saturated heterocycles. The van der Waals surface area contributed by atoms with Crippen molar-refractivity contribution < 1.29 is 26.3 Å². The molecule has 1 unspecified atom stereocenters. The third-order valence-corrected chi connectivity index (χ3v) is 5.48. The third-order valence-electron chi connectivity index (χ3n) is 4.08. The van der Waals surface area contributed by atoms with E-state index in [0.717, 1.165) is 18.6 Å². The molecule has 2 N–H and O–H groups in total. The maximum atomic E-state index is 13.0. The molecule has 0 aliphatic carbocycles. The summed E-state index contributed by atoms with van der Waals surface area (Å²) in [6, 6.07) is 3.74. The first-order valence-corrected chi connectivity index (χ1v) is 8.97. The number of ether oxygens (including phenoxy) is 1. The van der Waals surface area contributed by atoms with Crippen molar-refractivity contribution in [1.29, 1.82) is 5.26 Å². The van der Waals surface area contributed by atoms with Crippen molar-refractivity contribution >= 4 is 10.0 Å². The Hall–Kier alpha value is -1.67. The molecular formula is C15H18F3N3O3S. The van der Waals surface area contributed by atoms with Crippen LogP contribution in [0.1, 0.15) is 24.0 Å². The van der Waals surface area contributed by atoms with Crippen LogP contribution in [0.2, 0.25) is 0 Å². The fourth-order valence-corrected chi connectivity index (χ4v) is 3.96. The normalized spacial score (nSPS) is 21.2. The van der Waals surface area contributed by atoms with E-state index in [0.29, 0.717) is 19.0 Å². The van der Waals surface area contributed by atoms with Crippen molar-refractivity contribution in [3.63, 3.8) is 0 Å². The van der Waals surface area contributed by atoms with Gasteiger partial charge in [-0.25, -0.2) is 13.1 Å². The average molecular weight is 377 g/mol. The number of halogens is 3. The van der Waals surface area contributed by atoms with Crippen LogP contribution >= 0.6 is 0 Å². The van der Waals surface area contributed by atoms with Gasteiger partial charge in [-0.3, -0.25) is 0 Å². The maximum Gasteiger partial charge on any atom is 0.417 e. The van der Waals surface area contributed by atoms with E-state index in [-0.39, 0.29) is 13.2 Å². The third kappa shape index (κ3) is 4.49. The molecule has 0 radical (unpaired) electrons. The number of rotatable bonds is 6. The van der Waals surface area contributed by atoms with Gasteiger partial charge in [0.05, 0.1) is 34.2 Å². The molecule has 0 spiro atoms. The summed E-state index contributed by atoms with van der Waals surface area (Å²) < 4.78 is 71.2. The monoisotopic (exact) mass is 377 g/mol. The first-order chi connectivity index (χ1) is 11.6. The number of alkyl halides is 3. The minimum Gasteiger partial charge on any atom is -0.383 e. The van der Waals surface area contributed by atoms with E-state index in [9.17, 15) is 21.6 Å². The highest BCUT2D eigenvalue weighted by Gasteiger charge is 2.37. The van der Waals surface area contributed by atoms with Gasteiger partial charge in [-0.2, -0.15) is 18.4 Å². The summed E-state index contributed by atoms with van der Waals surface area (Å²) in [6.07, 6.45) is -3.29. The fraction of sp³-hybridized carbons (Fsp3) is 0.533. The Morgan fingerprint density at radius 2 is 2.16 bits per heavy atom. The van der Waals surface area contributed by atoms with Crippen LogP contribution in [0, 0.1) is 11.3 Å². The van der Waals surface area contributed by atoms with Gasteiger partial charge in [0, 0.05) is 13.7 Å². The SMILES string of the molecule is COCC1(CNS(=O)(=O)c2ccc(C#N)c(C(F)(F)F)c2)CCCN1. The number of nitrogens with zero attached hydrogens (tertiary/aromatic N) is 1. The number of hydrogen-bond donors (Lipinski definition) is 2. The number of nitriles is 1. The fourth-order valence-electron chi connectivity index (χ4n) is 2.81. The summed E-state index contributed by atoms with van der Waals surface area (Å²) in [4.78, 5) is -0.538. The van der Waals surface area contributed by atoms with Crippen LogP contribution < -0.4 is 10.0 Å². The van der Waals surface area contributed by atoms with E-state index in [2.05, 4.69) is 10.0 Å². The maximum absolute atomic E-state index is 13.0. The van der Waals surface area contributed by atoms with Crippen LogP contribution in [-0.4, -0.2) is 40.8 Å². The molecule has 0 aromatic heterocycles. The second-order valence-corrected chi connectivity index (χ2v) is 7.65. The molecule has 1 aliphatic heterocycles. The summed E-state index contributed by atoms with van der Waals surface area (Å²) in [6.45, 7) is 0.974. The molecule has 138 valence electrons. The highest BCUT2D eigenvalue weighted by atomic mass is 32.2. The molecule has 25 heavy (non-hydrogen) atoms. The second-order valence-electron chi connectivity index (χ2n) is 5.89. The molecular weight excluding hydrogens is 359 g/mol. The van der Waals surface area contributed by atoms with Gasteiger partial charge in [-0.1, -0.05) is 0 Å². The highest BCUT2D eigenvalue weighted by Crippen LogP contribution is 2.33. The minimum atomic E-state index is -4.82. The van der Waals surface area contributed by atoms with Crippen LogP contribution in [0.4, 0.5) is 13.2 Å². The van der Waals surface area contributed by atoms with Crippen LogP contribution in [0.5, 0.6) is 0 Å². The first kappa shape index (κ1) is 19.7. The predicted molar refractivity (Wildman–Crippen MR) is 83.2 cm³/mol. The van der Waals surface area contributed by atoms with Gasteiger partial charge in [0.15, 0.2) is 0 Å². The Kier molecular flexibility index (Phi) is 5.73. The van der Waals surface area contributed by atoms with E-state index in [1.807, 2.05) is 0 Å². The molecule has 0 bridgehead atoms. The van der Waals surface area contributed by atoms with Crippen molar-refractivity contribution in [2.45, 2.75) is 29.5 Å². The van der Waals surface area contributed by atoms with E-state index in [4.69, 9.17) is 10.00 Å². The second kappa shape index (κ2) is 7.29. The lowest BCUT2D eigenvalue weighted by Crippen LogP contribution is -2.52. The Labute approximate surface area is 144 Å². The average Bonchev–Trinajstić information content (AvgIpc) is 3.01. The van der Waals surface area contributed by atoms with Crippen LogP contribution in [-0.2, 0) is 20.9 Å². The predicted octanol–water partition coefficient (Wildman–Crippen LogP) is 1.62. The number of benzene rings is 1. The number of hydrogen-bond acceptors (Lipinski definition) is 5.